The summed E-state index contributed by atoms with van der Waals surface area (Å²) < 4.78 is 1.63. The maximum atomic E-state index is 11.4. The van der Waals surface area contributed by atoms with Crippen LogP contribution in [0.15, 0.2) is 11.0 Å². The molecule has 0 aliphatic rings. The zero-order valence-electron chi connectivity index (χ0n) is 8.40. The molecule has 0 spiro atoms. The summed E-state index contributed by atoms with van der Waals surface area (Å²) in [7, 11) is 1.80. The SMILES string of the molecule is CC(C)c1n[nH]c(=O)c2cn(C)nc12. The fraction of sp³-hybridized carbons (Fsp3) is 0.444. The molecule has 5 heteroatoms. The highest BCUT2D eigenvalue weighted by atomic mass is 16.1. The van der Waals surface area contributed by atoms with E-state index >= 15 is 0 Å². The summed E-state index contributed by atoms with van der Waals surface area (Å²) in [5.41, 5.74) is 1.35. The summed E-state index contributed by atoms with van der Waals surface area (Å²) in [4.78, 5) is 11.4. The summed E-state index contributed by atoms with van der Waals surface area (Å²) >= 11 is 0. The van der Waals surface area contributed by atoms with Gasteiger partial charge >= 0.3 is 0 Å². The number of aryl methyl sites for hydroxylation is 1. The first-order valence-electron chi connectivity index (χ1n) is 4.51. The second-order valence-electron chi connectivity index (χ2n) is 3.66. The van der Waals surface area contributed by atoms with Gasteiger partial charge in [0.15, 0.2) is 0 Å². The maximum Gasteiger partial charge on any atom is 0.275 e. The highest BCUT2D eigenvalue weighted by molar-refractivity contribution is 5.79. The average Bonchev–Trinajstić information content (AvgIpc) is 2.47. The van der Waals surface area contributed by atoms with Crippen LogP contribution < -0.4 is 5.56 Å². The van der Waals surface area contributed by atoms with Crippen LogP contribution in [-0.4, -0.2) is 20.0 Å². The lowest BCUT2D eigenvalue weighted by Crippen LogP contribution is -2.10. The Balaban J connectivity index is 2.88. The van der Waals surface area contributed by atoms with Gasteiger partial charge in [-0.1, -0.05) is 13.8 Å². The number of aromatic amines is 1. The van der Waals surface area contributed by atoms with E-state index in [0.29, 0.717) is 10.9 Å². The number of fused-ring (bicyclic) bond motifs is 1. The third kappa shape index (κ3) is 1.21. The van der Waals surface area contributed by atoms with Crippen LogP contribution in [0.25, 0.3) is 10.9 Å². The van der Waals surface area contributed by atoms with Crippen molar-refractivity contribution >= 4 is 10.9 Å². The monoisotopic (exact) mass is 192 g/mol. The zero-order chi connectivity index (χ0) is 10.3. The van der Waals surface area contributed by atoms with Crippen molar-refractivity contribution in [2.24, 2.45) is 7.05 Å². The maximum absolute atomic E-state index is 11.4. The van der Waals surface area contributed by atoms with Crippen LogP contribution in [0, 0.1) is 0 Å². The van der Waals surface area contributed by atoms with E-state index in [-0.39, 0.29) is 11.5 Å². The highest BCUT2D eigenvalue weighted by Gasteiger charge is 2.12. The van der Waals surface area contributed by atoms with Crippen LogP contribution in [0.5, 0.6) is 0 Å². The molecule has 0 aliphatic carbocycles. The Hall–Kier alpha value is -1.65. The van der Waals surface area contributed by atoms with E-state index in [2.05, 4.69) is 15.3 Å². The highest BCUT2D eigenvalue weighted by Crippen LogP contribution is 2.17. The van der Waals surface area contributed by atoms with Gasteiger partial charge < -0.3 is 0 Å². The molecular weight excluding hydrogens is 180 g/mol. The smallest absolute Gasteiger partial charge is 0.274 e. The minimum absolute atomic E-state index is 0.183. The van der Waals surface area contributed by atoms with Crippen molar-refractivity contribution in [1.82, 2.24) is 20.0 Å². The lowest BCUT2D eigenvalue weighted by atomic mass is 10.1. The Morgan fingerprint density at radius 1 is 1.50 bits per heavy atom. The first-order valence-corrected chi connectivity index (χ1v) is 4.51. The Kier molecular flexibility index (Phi) is 1.87. The van der Waals surface area contributed by atoms with Gasteiger partial charge in [-0.25, -0.2) is 5.10 Å². The predicted molar refractivity (Wildman–Crippen MR) is 53.2 cm³/mol. The molecule has 2 aromatic rings. The molecule has 14 heavy (non-hydrogen) atoms. The van der Waals surface area contributed by atoms with Gasteiger partial charge in [-0.2, -0.15) is 10.2 Å². The molecule has 0 fully saturated rings. The molecule has 0 amide bonds. The summed E-state index contributed by atoms with van der Waals surface area (Å²) in [6.07, 6.45) is 1.71. The van der Waals surface area contributed by atoms with Gasteiger partial charge in [-0.3, -0.25) is 9.48 Å². The normalized spacial score (nSPS) is 11.4. The van der Waals surface area contributed by atoms with E-state index in [9.17, 15) is 4.79 Å². The molecule has 0 atom stereocenters. The Bertz CT molecular complexity index is 523. The topological polar surface area (TPSA) is 63.6 Å². The molecule has 5 nitrogen and oxygen atoms in total. The molecule has 74 valence electrons. The van der Waals surface area contributed by atoms with Crippen LogP contribution in [0.4, 0.5) is 0 Å². The molecule has 0 saturated heterocycles. The van der Waals surface area contributed by atoms with Crippen molar-refractivity contribution in [3.8, 4) is 0 Å². The van der Waals surface area contributed by atoms with Crippen molar-refractivity contribution in [1.29, 1.82) is 0 Å². The van der Waals surface area contributed by atoms with Crippen LogP contribution in [-0.2, 0) is 7.05 Å². The van der Waals surface area contributed by atoms with Gasteiger partial charge in [0.1, 0.15) is 5.52 Å². The number of aromatic nitrogens is 4. The molecule has 0 bridgehead atoms. The Morgan fingerprint density at radius 3 is 2.86 bits per heavy atom. The third-order valence-corrected chi connectivity index (χ3v) is 2.14. The minimum atomic E-state index is -0.183. The molecule has 1 N–H and O–H groups in total. The molecular formula is C9H12N4O. The van der Waals surface area contributed by atoms with Gasteiger partial charge in [-0.15, -0.1) is 0 Å². The molecule has 2 rings (SSSR count). The molecule has 2 aromatic heterocycles. The minimum Gasteiger partial charge on any atom is -0.274 e. The van der Waals surface area contributed by atoms with Gasteiger partial charge in [0, 0.05) is 13.2 Å². The van der Waals surface area contributed by atoms with Gasteiger partial charge in [0.25, 0.3) is 5.56 Å². The predicted octanol–water partition coefficient (Wildman–Crippen LogP) is 0.780. The largest absolute Gasteiger partial charge is 0.275 e. The summed E-state index contributed by atoms with van der Waals surface area (Å²) in [5.74, 6) is 0.254. The summed E-state index contributed by atoms with van der Waals surface area (Å²) in [6.45, 7) is 4.05. The first kappa shape index (κ1) is 8.93. The van der Waals surface area contributed by atoms with E-state index < -0.39 is 0 Å². The van der Waals surface area contributed by atoms with Crippen molar-refractivity contribution in [2.45, 2.75) is 19.8 Å². The number of H-pyrrole nitrogens is 1. The van der Waals surface area contributed by atoms with Crippen LogP contribution in [0.3, 0.4) is 0 Å². The fourth-order valence-corrected chi connectivity index (χ4v) is 1.47. The Morgan fingerprint density at radius 2 is 2.21 bits per heavy atom. The van der Waals surface area contributed by atoms with E-state index in [4.69, 9.17) is 0 Å². The van der Waals surface area contributed by atoms with E-state index in [0.717, 1.165) is 5.69 Å². The Labute approximate surface area is 80.7 Å². The fourth-order valence-electron chi connectivity index (χ4n) is 1.47. The van der Waals surface area contributed by atoms with Crippen molar-refractivity contribution in [3.05, 3.63) is 22.2 Å². The number of hydrogen-bond donors (Lipinski definition) is 1. The van der Waals surface area contributed by atoms with E-state index in [1.165, 1.54) is 0 Å². The lowest BCUT2D eigenvalue weighted by Gasteiger charge is -2.02. The second kappa shape index (κ2) is 2.94. The van der Waals surface area contributed by atoms with Crippen LogP contribution in [0.2, 0.25) is 0 Å². The van der Waals surface area contributed by atoms with Crippen molar-refractivity contribution in [2.75, 3.05) is 0 Å². The van der Waals surface area contributed by atoms with Gasteiger partial charge in [0.05, 0.1) is 11.1 Å². The van der Waals surface area contributed by atoms with Crippen LogP contribution >= 0.6 is 0 Å². The standard InChI is InChI=1S/C9H12N4O/c1-5(2)7-8-6(4-13(3)12-8)9(14)11-10-7/h4-5H,1-3H3,(H,11,14). The zero-order valence-corrected chi connectivity index (χ0v) is 8.40. The molecule has 0 unspecified atom stereocenters. The molecule has 0 radical (unpaired) electrons. The number of hydrogen-bond acceptors (Lipinski definition) is 3. The average molecular weight is 192 g/mol. The number of nitrogens with zero attached hydrogens (tertiary/aromatic N) is 3. The first-order chi connectivity index (χ1) is 6.59. The van der Waals surface area contributed by atoms with E-state index in [1.807, 2.05) is 13.8 Å². The lowest BCUT2D eigenvalue weighted by molar-refractivity contribution is 0.759. The molecule has 2 heterocycles. The summed E-state index contributed by atoms with van der Waals surface area (Å²) in [5, 5.41) is 11.3. The molecule has 0 aliphatic heterocycles. The number of nitrogens with one attached hydrogen (secondary N) is 1. The van der Waals surface area contributed by atoms with E-state index in [1.54, 1.807) is 17.9 Å². The van der Waals surface area contributed by atoms with Gasteiger partial charge in [-0.05, 0) is 5.92 Å². The third-order valence-electron chi connectivity index (χ3n) is 2.14. The second-order valence-corrected chi connectivity index (χ2v) is 3.66. The van der Waals surface area contributed by atoms with Gasteiger partial charge in [0.2, 0.25) is 0 Å². The van der Waals surface area contributed by atoms with Crippen molar-refractivity contribution < 1.29 is 0 Å². The number of rotatable bonds is 1. The quantitative estimate of drug-likeness (QED) is 0.726. The molecule has 0 aromatic carbocycles. The molecule has 0 saturated carbocycles. The summed E-state index contributed by atoms with van der Waals surface area (Å²) in [6, 6.07) is 0. The van der Waals surface area contributed by atoms with Crippen molar-refractivity contribution in [3.63, 3.8) is 0 Å². The van der Waals surface area contributed by atoms with Crippen LogP contribution in [0.1, 0.15) is 25.5 Å².